The third-order valence-corrected chi connectivity index (χ3v) is 5.01. The monoisotopic (exact) mass is 295 g/mol. The molecule has 0 amide bonds. The number of nitrogens with one attached hydrogen (secondary N) is 1. The van der Waals surface area contributed by atoms with Gasteiger partial charge in [0, 0.05) is 40.8 Å². The first-order valence-electron chi connectivity index (χ1n) is 6.51. The fourth-order valence-electron chi connectivity index (χ4n) is 1.85. The van der Waals surface area contributed by atoms with Gasteiger partial charge in [-0.3, -0.25) is 0 Å². The molecule has 19 heavy (non-hydrogen) atoms. The van der Waals surface area contributed by atoms with Crippen LogP contribution in [0.3, 0.4) is 0 Å². The summed E-state index contributed by atoms with van der Waals surface area (Å²) in [6.45, 7) is 5.18. The number of hydrogen-bond acceptors (Lipinski definition) is 4. The van der Waals surface area contributed by atoms with Crippen molar-refractivity contribution in [2.45, 2.75) is 26.3 Å². The van der Waals surface area contributed by atoms with Crippen molar-refractivity contribution in [3.63, 3.8) is 0 Å². The Hall–Kier alpha value is -0.680. The summed E-state index contributed by atoms with van der Waals surface area (Å²) in [5, 5.41) is 17.2. The fourth-order valence-corrected chi connectivity index (χ4v) is 3.40. The molecular weight excluding hydrogens is 274 g/mol. The zero-order valence-corrected chi connectivity index (χ0v) is 13.1. The van der Waals surface area contributed by atoms with E-state index in [4.69, 9.17) is 0 Å². The molecule has 2 rings (SSSR count). The maximum atomic E-state index is 9.36. The van der Waals surface area contributed by atoms with Gasteiger partial charge in [0.25, 0.3) is 0 Å². The molecule has 4 heteroatoms. The average Bonchev–Trinajstić information content (AvgIpc) is 3.07. The van der Waals surface area contributed by atoms with Gasteiger partial charge in [0.15, 0.2) is 0 Å². The zero-order valence-electron chi connectivity index (χ0n) is 11.4. The second kappa shape index (κ2) is 6.66. The molecule has 1 unspecified atom stereocenters. The molecule has 0 aromatic carbocycles. The summed E-state index contributed by atoms with van der Waals surface area (Å²) < 4.78 is 0. The first-order chi connectivity index (χ1) is 9.11. The van der Waals surface area contributed by atoms with Gasteiger partial charge in [-0.05, 0) is 22.9 Å². The van der Waals surface area contributed by atoms with Crippen molar-refractivity contribution in [3.05, 3.63) is 44.8 Å². The highest BCUT2D eigenvalue weighted by Gasteiger charge is 2.20. The van der Waals surface area contributed by atoms with Gasteiger partial charge in [0.2, 0.25) is 0 Å². The molecule has 2 N–H and O–H groups in total. The van der Waals surface area contributed by atoms with E-state index in [1.54, 1.807) is 22.7 Å². The van der Waals surface area contributed by atoms with E-state index < -0.39 is 0 Å². The summed E-state index contributed by atoms with van der Waals surface area (Å²) in [7, 11) is 0. The third kappa shape index (κ3) is 4.42. The fraction of sp³-hybridized carbons (Fsp3) is 0.467. The molecule has 2 nitrogen and oxygen atoms in total. The van der Waals surface area contributed by atoms with Crippen molar-refractivity contribution < 1.29 is 5.11 Å². The second-order valence-corrected chi connectivity index (χ2v) is 7.57. The normalized spacial score (nSPS) is 13.6. The Morgan fingerprint density at radius 2 is 1.95 bits per heavy atom. The van der Waals surface area contributed by atoms with Gasteiger partial charge in [0.05, 0.1) is 0 Å². The van der Waals surface area contributed by atoms with E-state index in [0.29, 0.717) is 6.04 Å². The van der Waals surface area contributed by atoms with Gasteiger partial charge in [-0.1, -0.05) is 26.0 Å². The van der Waals surface area contributed by atoms with Gasteiger partial charge >= 0.3 is 0 Å². The molecule has 0 saturated carbocycles. The Bertz CT molecular complexity index is 462. The molecule has 0 aliphatic heterocycles. The molecule has 0 fully saturated rings. The van der Waals surface area contributed by atoms with Crippen LogP contribution in [-0.2, 0) is 6.42 Å². The average molecular weight is 295 g/mol. The van der Waals surface area contributed by atoms with Crippen LogP contribution in [0.5, 0.6) is 0 Å². The van der Waals surface area contributed by atoms with Crippen LogP contribution in [0.2, 0.25) is 0 Å². The molecule has 0 aliphatic carbocycles. The van der Waals surface area contributed by atoms with Crippen LogP contribution in [0.4, 0.5) is 0 Å². The smallest absolute Gasteiger partial charge is 0.0494 e. The van der Waals surface area contributed by atoms with Gasteiger partial charge in [-0.2, -0.15) is 0 Å². The first kappa shape index (κ1) is 14.7. The van der Waals surface area contributed by atoms with E-state index in [9.17, 15) is 5.11 Å². The quantitative estimate of drug-likeness (QED) is 0.816. The third-order valence-electron chi connectivity index (χ3n) is 3.13. The van der Waals surface area contributed by atoms with Crippen LogP contribution < -0.4 is 5.32 Å². The molecule has 0 radical (unpaired) electrons. The standard InChI is InChI=1S/C15H21NOS2/c1-15(2,11-17)10-16-13(14-6-4-8-19-14)9-12-5-3-7-18-12/h3-8,13,16-17H,9-11H2,1-2H3. The van der Waals surface area contributed by atoms with Crippen molar-refractivity contribution in [2.24, 2.45) is 5.41 Å². The Morgan fingerprint density at radius 3 is 2.53 bits per heavy atom. The number of rotatable bonds is 7. The summed E-state index contributed by atoms with van der Waals surface area (Å²) in [5.41, 5.74) is -0.0784. The Morgan fingerprint density at radius 1 is 1.21 bits per heavy atom. The minimum atomic E-state index is -0.0784. The summed E-state index contributed by atoms with van der Waals surface area (Å²) >= 11 is 3.59. The van der Waals surface area contributed by atoms with E-state index in [1.807, 2.05) is 0 Å². The van der Waals surface area contributed by atoms with E-state index >= 15 is 0 Å². The maximum Gasteiger partial charge on any atom is 0.0494 e. The Kier molecular flexibility index (Phi) is 5.16. The number of hydrogen-bond donors (Lipinski definition) is 2. The number of aliphatic hydroxyl groups excluding tert-OH is 1. The molecular formula is C15H21NOS2. The van der Waals surface area contributed by atoms with Crippen LogP contribution in [-0.4, -0.2) is 18.3 Å². The molecule has 0 aliphatic rings. The summed E-state index contributed by atoms with van der Waals surface area (Å²) in [5.74, 6) is 0. The van der Waals surface area contributed by atoms with E-state index in [1.165, 1.54) is 9.75 Å². The highest BCUT2D eigenvalue weighted by molar-refractivity contribution is 7.10. The minimum Gasteiger partial charge on any atom is -0.396 e. The molecule has 0 spiro atoms. The van der Waals surface area contributed by atoms with Gasteiger partial charge in [0.1, 0.15) is 0 Å². The lowest BCUT2D eigenvalue weighted by molar-refractivity contribution is 0.153. The van der Waals surface area contributed by atoms with Crippen molar-refractivity contribution in [3.8, 4) is 0 Å². The Labute approximate surface area is 123 Å². The molecule has 0 bridgehead atoms. The van der Waals surface area contributed by atoms with E-state index in [0.717, 1.165) is 13.0 Å². The minimum absolute atomic E-state index is 0.0784. The topological polar surface area (TPSA) is 32.3 Å². The van der Waals surface area contributed by atoms with Crippen LogP contribution in [0.25, 0.3) is 0 Å². The predicted octanol–water partition coefficient (Wildman–Crippen LogP) is 3.70. The lowest BCUT2D eigenvalue weighted by Gasteiger charge is -2.26. The highest BCUT2D eigenvalue weighted by Crippen LogP contribution is 2.26. The maximum absolute atomic E-state index is 9.36. The summed E-state index contributed by atoms with van der Waals surface area (Å²) in [6.07, 6.45) is 1.01. The molecule has 1 atom stereocenters. The molecule has 2 aromatic heterocycles. The summed E-state index contributed by atoms with van der Waals surface area (Å²) in [6, 6.07) is 8.90. The van der Waals surface area contributed by atoms with E-state index in [-0.39, 0.29) is 12.0 Å². The molecule has 2 aromatic rings. The van der Waals surface area contributed by atoms with Gasteiger partial charge < -0.3 is 10.4 Å². The molecule has 104 valence electrons. The second-order valence-electron chi connectivity index (χ2n) is 5.55. The van der Waals surface area contributed by atoms with Gasteiger partial charge in [-0.15, -0.1) is 22.7 Å². The SMILES string of the molecule is CC(C)(CO)CNC(Cc1cccs1)c1cccs1. The van der Waals surface area contributed by atoms with Crippen LogP contribution in [0, 0.1) is 5.41 Å². The molecule has 0 saturated heterocycles. The van der Waals surface area contributed by atoms with E-state index in [2.05, 4.69) is 54.2 Å². The lowest BCUT2D eigenvalue weighted by atomic mass is 9.94. The van der Waals surface area contributed by atoms with Crippen molar-refractivity contribution in [1.82, 2.24) is 5.32 Å². The largest absolute Gasteiger partial charge is 0.396 e. The first-order valence-corrected chi connectivity index (χ1v) is 8.27. The summed E-state index contributed by atoms with van der Waals surface area (Å²) in [4.78, 5) is 2.76. The zero-order chi connectivity index (χ0) is 13.7. The van der Waals surface area contributed by atoms with Crippen LogP contribution >= 0.6 is 22.7 Å². The van der Waals surface area contributed by atoms with Crippen molar-refractivity contribution in [1.29, 1.82) is 0 Å². The van der Waals surface area contributed by atoms with Crippen LogP contribution in [0.1, 0.15) is 29.6 Å². The molecule has 2 heterocycles. The van der Waals surface area contributed by atoms with Gasteiger partial charge in [-0.25, -0.2) is 0 Å². The number of aliphatic hydroxyl groups is 1. The predicted molar refractivity (Wildman–Crippen MR) is 84.0 cm³/mol. The van der Waals surface area contributed by atoms with Crippen molar-refractivity contribution >= 4 is 22.7 Å². The van der Waals surface area contributed by atoms with Crippen LogP contribution in [0.15, 0.2) is 35.0 Å². The Balaban J connectivity index is 2.03. The highest BCUT2D eigenvalue weighted by atomic mass is 32.1. The van der Waals surface area contributed by atoms with Crippen molar-refractivity contribution in [2.75, 3.05) is 13.2 Å². The number of thiophene rings is 2. The lowest BCUT2D eigenvalue weighted by Crippen LogP contribution is -2.35.